The van der Waals surface area contributed by atoms with E-state index in [9.17, 15) is 9.59 Å². The van der Waals surface area contributed by atoms with Crippen molar-refractivity contribution in [3.63, 3.8) is 0 Å². The van der Waals surface area contributed by atoms with Gasteiger partial charge in [0.2, 0.25) is 5.76 Å². The summed E-state index contributed by atoms with van der Waals surface area (Å²) < 4.78 is 12.5. The number of imidazole rings is 1. The number of carbonyl (C=O) groups excluding carboxylic acids is 1. The molecular formula is C21H12N2O4S. The van der Waals surface area contributed by atoms with Crippen molar-refractivity contribution in [3.05, 3.63) is 93.1 Å². The number of ether oxygens (including phenoxy) is 1. The van der Waals surface area contributed by atoms with E-state index in [1.165, 1.54) is 23.7 Å². The lowest BCUT2D eigenvalue weighted by molar-refractivity contribution is 0.0701. The highest BCUT2D eigenvalue weighted by Gasteiger charge is 2.12. The van der Waals surface area contributed by atoms with Gasteiger partial charge >= 0.3 is 5.97 Å². The molecule has 2 aromatic carbocycles. The second-order valence-corrected chi connectivity index (χ2v) is 7.08. The Labute approximate surface area is 161 Å². The number of carbonyl (C=O) groups is 1. The van der Waals surface area contributed by atoms with Crippen molar-refractivity contribution in [2.24, 2.45) is 0 Å². The van der Waals surface area contributed by atoms with Crippen molar-refractivity contribution in [2.75, 3.05) is 0 Å². The molecule has 5 rings (SSSR count). The van der Waals surface area contributed by atoms with Gasteiger partial charge in [0.25, 0.3) is 5.56 Å². The zero-order valence-electron chi connectivity index (χ0n) is 14.4. The summed E-state index contributed by atoms with van der Waals surface area (Å²) in [6.45, 7) is 0. The molecular weight excluding hydrogens is 376 g/mol. The summed E-state index contributed by atoms with van der Waals surface area (Å²) in [6, 6.07) is 17.6. The average molecular weight is 388 g/mol. The van der Waals surface area contributed by atoms with Gasteiger partial charge in [-0.2, -0.15) is 0 Å². The van der Waals surface area contributed by atoms with Crippen molar-refractivity contribution in [1.29, 1.82) is 0 Å². The number of furan rings is 1. The second kappa shape index (κ2) is 6.47. The van der Waals surface area contributed by atoms with Gasteiger partial charge in [0.1, 0.15) is 5.75 Å². The van der Waals surface area contributed by atoms with Crippen molar-refractivity contribution >= 4 is 39.4 Å². The van der Waals surface area contributed by atoms with E-state index < -0.39 is 5.97 Å². The molecule has 0 N–H and O–H groups in total. The summed E-state index contributed by atoms with van der Waals surface area (Å²) in [4.78, 5) is 29.8. The Balaban J connectivity index is 1.47. The maximum atomic E-state index is 12.8. The zero-order valence-corrected chi connectivity index (χ0v) is 15.2. The van der Waals surface area contributed by atoms with E-state index in [0.717, 1.165) is 16.6 Å². The van der Waals surface area contributed by atoms with Gasteiger partial charge in [-0.1, -0.05) is 35.6 Å². The van der Waals surface area contributed by atoms with E-state index in [0.29, 0.717) is 15.2 Å². The Kier molecular flexibility index (Phi) is 3.80. The van der Waals surface area contributed by atoms with Gasteiger partial charge < -0.3 is 9.15 Å². The number of fused-ring (bicyclic) bond motifs is 3. The third kappa shape index (κ3) is 2.78. The van der Waals surface area contributed by atoms with Crippen LogP contribution in [0.5, 0.6) is 5.75 Å². The van der Waals surface area contributed by atoms with Crippen LogP contribution < -0.4 is 14.8 Å². The summed E-state index contributed by atoms with van der Waals surface area (Å²) in [6.07, 6.45) is 3.21. The topological polar surface area (TPSA) is 73.8 Å². The molecule has 0 aliphatic heterocycles. The van der Waals surface area contributed by atoms with Gasteiger partial charge in [-0.05, 0) is 48.0 Å². The number of hydrogen-bond acceptors (Lipinski definition) is 6. The summed E-state index contributed by atoms with van der Waals surface area (Å²) in [7, 11) is 0. The van der Waals surface area contributed by atoms with Crippen LogP contribution in [-0.2, 0) is 0 Å². The van der Waals surface area contributed by atoms with Crippen molar-refractivity contribution in [1.82, 2.24) is 9.38 Å². The van der Waals surface area contributed by atoms with E-state index >= 15 is 0 Å². The Bertz CT molecular complexity index is 1410. The molecule has 0 unspecified atom stereocenters. The maximum absolute atomic E-state index is 12.8. The van der Waals surface area contributed by atoms with Gasteiger partial charge in [0.15, 0.2) is 4.96 Å². The summed E-state index contributed by atoms with van der Waals surface area (Å²) in [5.41, 5.74) is 2.34. The Hall–Kier alpha value is -3.71. The Morgan fingerprint density at radius 1 is 1.07 bits per heavy atom. The number of para-hydroxylation sites is 2. The smallest absolute Gasteiger partial charge is 0.379 e. The normalized spacial score (nSPS) is 12.1. The summed E-state index contributed by atoms with van der Waals surface area (Å²) in [5, 5.41) is 0. The van der Waals surface area contributed by atoms with E-state index in [4.69, 9.17) is 9.15 Å². The predicted octanol–water partition coefficient (Wildman–Crippen LogP) is 3.27. The SMILES string of the molecule is O=C(Oc1ccc(/C=c2/sc3nc4ccccc4n3c2=O)cc1)c1ccco1. The fraction of sp³-hybridized carbons (Fsp3) is 0. The molecule has 136 valence electrons. The van der Waals surface area contributed by atoms with Crippen LogP contribution in [0.4, 0.5) is 0 Å². The molecule has 0 aliphatic rings. The lowest BCUT2D eigenvalue weighted by Gasteiger charge is -2.02. The maximum Gasteiger partial charge on any atom is 0.379 e. The largest absolute Gasteiger partial charge is 0.457 e. The first-order valence-corrected chi connectivity index (χ1v) is 9.28. The molecule has 0 radical (unpaired) electrons. The molecule has 3 aromatic heterocycles. The highest BCUT2D eigenvalue weighted by Crippen LogP contribution is 2.17. The van der Waals surface area contributed by atoms with Gasteiger partial charge in [-0.3, -0.25) is 4.79 Å². The minimum Gasteiger partial charge on any atom is -0.457 e. The standard InChI is InChI=1S/C21H12N2O4S/c24-19-18(28-21-22-15-4-1-2-5-16(15)23(19)21)12-13-7-9-14(10-8-13)27-20(25)17-6-3-11-26-17/h1-12H/b18-12+. The van der Waals surface area contributed by atoms with Crippen LogP contribution in [0.2, 0.25) is 0 Å². The molecule has 0 atom stereocenters. The average Bonchev–Trinajstić information content (AvgIpc) is 3.41. The van der Waals surface area contributed by atoms with Gasteiger partial charge in [-0.15, -0.1) is 0 Å². The van der Waals surface area contributed by atoms with Crippen LogP contribution in [-0.4, -0.2) is 15.4 Å². The van der Waals surface area contributed by atoms with Crippen LogP contribution in [0, 0.1) is 0 Å². The Morgan fingerprint density at radius 3 is 2.68 bits per heavy atom. The monoisotopic (exact) mass is 388 g/mol. The number of nitrogens with zero attached hydrogens (tertiary/aromatic N) is 2. The number of esters is 1. The molecule has 0 fully saturated rings. The third-order valence-corrected chi connectivity index (χ3v) is 5.22. The number of thiazole rings is 1. The minimum absolute atomic E-state index is 0.0953. The number of hydrogen-bond donors (Lipinski definition) is 0. The fourth-order valence-electron chi connectivity index (χ4n) is 2.95. The highest BCUT2D eigenvalue weighted by atomic mass is 32.1. The van der Waals surface area contributed by atoms with E-state index in [1.807, 2.05) is 24.3 Å². The molecule has 7 heteroatoms. The van der Waals surface area contributed by atoms with E-state index in [2.05, 4.69) is 4.98 Å². The molecule has 0 spiro atoms. The van der Waals surface area contributed by atoms with Crippen LogP contribution in [0.3, 0.4) is 0 Å². The van der Waals surface area contributed by atoms with Crippen LogP contribution in [0.1, 0.15) is 16.1 Å². The lowest BCUT2D eigenvalue weighted by atomic mass is 10.2. The van der Waals surface area contributed by atoms with Crippen molar-refractivity contribution in [3.8, 4) is 5.75 Å². The Morgan fingerprint density at radius 2 is 1.89 bits per heavy atom. The first kappa shape index (κ1) is 16.5. The quantitative estimate of drug-likeness (QED) is 0.350. The lowest BCUT2D eigenvalue weighted by Crippen LogP contribution is -2.22. The van der Waals surface area contributed by atoms with Crippen molar-refractivity contribution < 1.29 is 13.9 Å². The minimum atomic E-state index is -0.560. The van der Waals surface area contributed by atoms with Gasteiger partial charge in [0.05, 0.1) is 21.8 Å². The predicted molar refractivity (Wildman–Crippen MR) is 106 cm³/mol. The van der Waals surface area contributed by atoms with Gasteiger partial charge in [0, 0.05) is 0 Å². The van der Waals surface area contributed by atoms with Crippen LogP contribution >= 0.6 is 11.3 Å². The summed E-state index contributed by atoms with van der Waals surface area (Å²) >= 11 is 1.34. The number of aromatic nitrogens is 2. The molecule has 6 nitrogen and oxygen atoms in total. The fourth-order valence-corrected chi connectivity index (χ4v) is 3.93. The van der Waals surface area contributed by atoms with E-state index in [-0.39, 0.29) is 11.3 Å². The molecule has 28 heavy (non-hydrogen) atoms. The van der Waals surface area contributed by atoms with Crippen LogP contribution in [0.25, 0.3) is 22.1 Å². The summed E-state index contributed by atoms with van der Waals surface area (Å²) in [5.74, 6) is -0.0244. The molecule has 0 bridgehead atoms. The van der Waals surface area contributed by atoms with Crippen LogP contribution in [0.15, 0.2) is 76.1 Å². The molecule has 5 aromatic rings. The first-order valence-electron chi connectivity index (χ1n) is 8.46. The number of benzene rings is 2. The number of rotatable bonds is 3. The first-order chi connectivity index (χ1) is 13.7. The van der Waals surface area contributed by atoms with E-state index in [1.54, 1.807) is 40.8 Å². The molecule has 0 saturated carbocycles. The molecule has 0 aliphatic carbocycles. The second-order valence-electron chi connectivity index (χ2n) is 6.07. The molecule has 3 heterocycles. The van der Waals surface area contributed by atoms with Crippen molar-refractivity contribution in [2.45, 2.75) is 0 Å². The molecule has 0 amide bonds. The highest BCUT2D eigenvalue weighted by molar-refractivity contribution is 7.15. The molecule has 0 saturated heterocycles. The third-order valence-electron chi connectivity index (χ3n) is 4.26. The van der Waals surface area contributed by atoms with Gasteiger partial charge in [-0.25, -0.2) is 14.2 Å². The zero-order chi connectivity index (χ0) is 19.1.